The molecule has 0 unspecified atom stereocenters. The topological polar surface area (TPSA) is 17.1 Å². The molecule has 0 spiro atoms. The fourth-order valence-corrected chi connectivity index (χ4v) is 0. The first-order valence-corrected chi connectivity index (χ1v) is 2.17. The second kappa shape index (κ2) is 700. The Labute approximate surface area is 49.3 Å². The number of hydrogen-bond donors (Lipinski definition) is 0. The second-order valence-corrected chi connectivity index (χ2v) is 0. The molecule has 0 saturated carbocycles. The first-order chi connectivity index (χ1) is 3.00. The molecule has 0 aliphatic rings. The van der Waals surface area contributed by atoms with E-state index in [1.54, 1.807) is 13.8 Å². The quantitative estimate of drug-likeness (QED) is 0.449. The standard InChI is InChI=1S/2C2H5.O.V/c2*1-2;;/h2*1H2,2H3;;/q2*-1;;+2. The average Bonchev–Trinajstić information content (AvgIpc) is 1.81. The molecule has 0 radical (unpaired) electrons. The molecule has 1 nitrogen and oxygen atoms in total. The zero-order valence-corrected chi connectivity index (χ0v) is 5.67. The molecule has 0 N–H and O–H groups in total. The van der Waals surface area contributed by atoms with Gasteiger partial charge in [-0.3, -0.25) is 0 Å². The SMILES string of the molecule is [CH2-]C.[CH2-]C.[O]=[V+2]. The molecule has 37 valence electrons. The molecule has 0 bridgehead atoms. The van der Waals surface area contributed by atoms with E-state index < -0.39 is 0 Å². The first kappa shape index (κ1) is 16.2. The van der Waals surface area contributed by atoms with Gasteiger partial charge in [-0.1, -0.05) is 0 Å². The monoisotopic (exact) mass is 125 g/mol. The predicted octanol–water partition coefficient (Wildman–Crippen LogP) is 1.56. The minimum atomic E-state index is 1.06. The maximum atomic E-state index is 8.19. The van der Waals surface area contributed by atoms with Crippen molar-refractivity contribution in [2.24, 2.45) is 0 Å². The fourth-order valence-electron chi connectivity index (χ4n) is 0. The molecule has 0 atom stereocenters. The van der Waals surface area contributed by atoms with Crippen LogP contribution in [0.2, 0.25) is 0 Å². The van der Waals surface area contributed by atoms with Crippen molar-refractivity contribution in [1.82, 2.24) is 0 Å². The van der Waals surface area contributed by atoms with Crippen molar-refractivity contribution in [2.75, 3.05) is 0 Å². The summed E-state index contributed by atoms with van der Waals surface area (Å²) in [7, 11) is 0. The molecule has 2 heteroatoms. The summed E-state index contributed by atoms with van der Waals surface area (Å²) in [5.41, 5.74) is 0. The normalized spacial score (nSPS) is 3.00. The van der Waals surface area contributed by atoms with Crippen LogP contribution in [0.1, 0.15) is 13.8 Å². The Morgan fingerprint density at radius 1 is 1.00 bits per heavy atom. The molecule has 0 saturated heterocycles. The molecule has 0 aromatic carbocycles. The summed E-state index contributed by atoms with van der Waals surface area (Å²) in [6.45, 7) is 10.0. The predicted molar refractivity (Wildman–Crippen MR) is 22.7 cm³/mol. The van der Waals surface area contributed by atoms with Crippen molar-refractivity contribution in [2.45, 2.75) is 13.8 Å². The van der Waals surface area contributed by atoms with Crippen LogP contribution in [0.25, 0.3) is 0 Å². The summed E-state index contributed by atoms with van der Waals surface area (Å²) >= 11 is 1.06. The molecular formula is C4H10OV. The Hall–Kier alpha value is 0.384. The van der Waals surface area contributed by atoms with Gasteiger partial charge >= 0.3 is 21.0 Å². The minimum absolute atomic E-state index is 1.06. The average molecular weight is 125 g/mol. The van der Waals surface area contributed by atoms with Gasteiger partial charge in [0.25, 0.3) is 0 Å². The van der Waals surface area contributed by atoms with Crippen LogP contribution in [0.15, 0.2) is 0 Å². The van der Waals surface area contributed by atoms with E-state index in [4.69, 9.17) is 3.67 Å². The Bertz CT molecular complexity index is 7.51. The first-order valence-electron chi connectivity index (χ1n) is 1.60. The Kier molecular flexibility index (Phi) is 1890. The molecule has 0 aliphatic heterocycles. The molecular weight excluding hydrogens is 115 g/mol. The van der Waals surface area contributed by atoms with Crippen molar-refractivity contribution in [3.8, 4) is 0 Å². The van der Waals surface area contributed by atoms with E-state index in [9.17, 15) is 0 Å². The van der Waals surface area contributed by atoms with Crippen LogP contribution >= 0.6 is 0 Å². The summed E-state index contributed by atoms with van der Waals surface area (Å²) in [4.78, 5) is 0. The Morgan fingerprint density at radius 2 is 1.00 bits per heavy atom. The third-order valence-corrected chi connectivity index (χ3v) is 0. The third kappa shape index (κ3) is 340. The number of rotatable bonds is 0. The van der Waals surface area contributed by atoms with Gasteiger partial charge in [-0.2, -0.15) is 13.8 Å². The van der Waals surface area contributed by atoms with Gasteiger partial charge in [0.15, 0.2) is 0 Å². The number of hydrogen-bond acceptors (Lipinski definition) is 1. The molecule has 0 aliphatic carbocycles. The van der Waals surface area contributed by atoms with Crippen LogP contribution in [0.5, 0.6) is 0 Å². The third-order valence-electron chi connectivity index (χ3n) is 0. The van der Waals surface area contributed by atoms with Crippen molar-refractivity contribution in [1.29, 1.82) is 0 Å². The van der Waals surface area contributed by atoms with Crippen molar-refractivity contribution in [3.05, 3.63) is 13.8 Å². The van der Waals surface area contributed by atoms with E-state index >= 15 is 0 Å². The van der Waals surface area contributed by atoms with E-state index in [0.717, 1.165) is 17.4 Å². The summed E-state index contributed by atoms with van der Waals surface area (Å²) in [6, 6.07) is 0. The van der Waals surface area contributed by atoms with E-state index in [-0.39, 0.29) is 0 Å². The van der Waals surface area contributed by atoms with E-state index in [1.165, 1.54) is 0 Å². The van der Waals surface area contributed by atoms with Gasteiger partial charge in [-0.25, -0.2) is 0 Å². The Balaban J connectivity index is -0.0000000225. The van der Waals surface area contributed by atoms with Crippen molar-refractivity contribution >= 4 is 0 Å². The van der Waals surface area contributed by atoms with Gasteiger partial charge in [0.2, 0.25) is 0 Å². The van der Waals surface area contributed by atoms with Gasteiger partial charge in [0.05, 0.1) is 0 Å². The summed E-state index contributed by atoms with van der Waals surface area (Å²) in [5.74, 6) is 0. The second-order valence-electron chi connectivity index (χ2n) is 0. The fraction of sp³-hybridized carbons (Fsp3) is 0.500. The van der Waals surface area contributed by atoms with Gasteiger partial charge in [0, 0.05) is 0 Å². The molecule has 0 aromatic rings. The van der Waals surface area contributed by atoms with Gasteiger partial charge in [-0.05, 0) is 0 Å². The molecule has 0 heterocycles. The summed E-state index contributed by atoms with van der Waals surface area (Å²) in [5, 5.41) is 0. The van der Waals surface area contributed by atoms with Crippen molar-refractivity contribution < 1.29 is 21.0 Å². The van der Waals surface area contributed by atoms with Gasteiger partial charge < -0.3 is 13.8 Å². The zero-order chi connectivity index (χ0) is 6.00. The summed E-state index contributed by atoms with van der Waals surface area (Å²) < 4.78 is 8.19. The van der Waals surface area contributed by atoms with Gasteiger partial charge in [0.1, 0.15) is 0 Å². The summed E-state index contributed by atoms with van der Waals surface area (Å²) in [6.07, 6.45) is 0. The Morgan fingerprint density at radius 3 is 1.00 bits per heavy atom. The van der Waals surface area contributed by atoms with E-state index in [1.807, 2.05) is 0 Å². The van der Waals surface area contributed by atoms with Gasteiger partial charge in [-0.15, -0.1) is 0 Å². The van der Waals surface area contributed by atoms with Crippen LogP contribution in [-0.4, -0.2) is 0 Å². The van der Waals surface area contributed by atoms with Crippen LogP contribution in [0, 0.1) is 13.8 Å². The van der Waals surface area contributed by atoms with Crippen LogP contribution in [0.4, 0.5) is 0 Å². The van der Waals surface area contributed by atoms with E-state index in [0.29, 0.717) is 0 Å². The van der Waals surface area contributed by atoms with Crippen LogP contribution in [0.3, 0.4) is 0 Å². The maximum absolute atomic E-state index is 8.19. The molecule has 0 aromatic heterocycles. The van der Waals surface area contributed by atoms with E-state index in [2.05, 4.69) is 13.8 Å². The molecule has 6 heavy (non-hydrogen) atoms. The molecule has 0 amide bonds. The van der Waals surface area contributed by atoms with Crippen LogP contribution in [-0.2, 0) is 21.0 Å². The molecule has 0 rings (SSSR count). The van der Waals surface area contributed by atoms with Crippen LogP contribution < -0.4 is 0 Å². The van der Waals surface area contributed by atoms with Crippen molar-refractivity contribution in [3.63, 3.8) is 0 Å². The molecule has 0 fully saturated rings. The zero-order valence-electron chi connectivity index (χ0n) is 4.27.